The molecule has 76 valence electrons. The highest BCUT2D eigenvalue weighted by molar-refractivity contribution is 6.40. The zero-order valence-electron chi connectivity index (χ0n) is 7.45. The van der Waals surface area contributed by atoms with Gasteiger partial charge in [0.1, 0.15) is 5.82 Å². The molecular weight excluding hydrogens is 201 g/mol. The van der Waals surface area contributed by atoms with Crippen molar-refractivity contribution in [3.63, 3.8) is 0 Å². The first-order valence-corrected chi connectivity index (χ1v) is 4.14. The zero-order valence-corrected chi connectivity index (χ0v) is 7.45. The third kappa shape index (κ3) is 1.38. The van der Waals surface area contributed by atoms with E-state index in [0.717, 1.165) is 6.07 Å². The monoisotopic (exact) mass is 207 g/mol. The van der Waals surface area contributed by atoms with Crippen molar-refractivity contribution in [1.29, 1.82) is 0 Å². The van der Waals surface area contributed by atoms with E-state index in [2.05, 4.69) is 4.98 Å². The van der Waals surface area contributed by atoms with Crippen LogP contribution in [-0.2, 0) is 4.79 Å². The molecule has 0 unspecified atom stereocenters. The maximum Gasteiger partial charge on any atom is 0.377 e. The van der Waals surface area contributed by atoms with Crippen molar-refractivity contribution in [3.05, 3.63) is 35.8 Å². The summed E-state index contributed by atoms with van der Waals surface area (Å²) in [7, 11) is 0. The molecule has 4 nitrogen and oxygen atoms in total. The summed E-state index contributed by atoms with van der Waals surface area (Å²) in [6.07, 6.45) is 1.52. The van der Waals surface area contributed by atoms with E-state index in [9.17, 15) is 14.0 Å². The van der Waals surface area contributed by atoms with E-state index in [1.807, 2.05) is 0 Å². The van der Waals surface area contributed by atoms with E-state index in [-0.39, 0.29) is 5.39 Å². The third-order valence-corrected chi connectivity index (χ3v) is 2.11. The molecule has 0 bridgehead atoms. The minimum Gasteiger partial charge on any atom is -0.475 e. The summed E-state index contributed by atoms with van der Waals surface area (Å²) in [5, 5.41) is 8.67. The minimum atomic E-state index is -1.66. The van der Waals surface area contributed by atoms with Crippen molar-refractivity contribution < 1.29 is 19.1 Å². The van der Waals surface area contributed by atoms with Gasteiger partial charge in [0.2, 0.25) is 0 Å². The summed E-state index contributed by atoms with van der Waals surface area (Å²) < 4.78 is 13.6. The minimum absolute atomic E-state index is 0.210. The number of carbonyl (C=O) groups excluding carboxylic acids is 1. The van der Waals surface area contributed by atoms with E-state index in [0.29, 0.717) is 5.52 Å². The first kappa shape index (κ1) is 9.39. The standard InChI is InChI=1S/C10H6FNO3/c11-8-5-3-4-12-7(5)2-1-6(8)9(13)10(14)15/h1-4,12H,(H,14,15). The van der Waals surface area contributed by atoms with Crippen molar-refractivity contribution in [2.75, 3.05) is 0 Å². The first-order chi connectivity index (χ1) is 7.11. The maximum absolute atomic E-state index is 13.6. The molecule has 0 saturated heterocycles. The molecule has 0 fully saturated rings. The van der Waals surface area contributed by atoms with Crippen LogP contribution in [0.3, 0.4) is 0 Å². The highest BCUT2D eigenvalue weighted by Gasteiger charge is 2.20. The fraction of sp³-hybridized carbons (Fsp3) is 0. The van der Waals surface area contributed by atoms with E-state index in [4.69, 9.17) is 5.11 Å². The fourth-order valence-electron chi connectivity index (χ4n) is 1.39. The second-order valence-corrected chi connectivity index (χ2v) is 3.00. The summed E-state index contributed by atoms with van der Waals surface area (Å²) in [6.45, 7) is 0. The Kier molecular flexibility index (Phi) is 2.00. The molecule has 0 saturated carbocycles. The molecule has 0 aliphatic rings. The van der Waals surface area contributed by atoms with Gasteiger partial charge in [-0.05, 0) is 18.2 Å². The van der Waals surface area contributed by atoms with Crippen molar-refractivity contribution in [2.45, 2.75) is 0 Å². The number of carboxylic acid groups (broad SMARTS) is 1. The third-order valence-electron chi connectivity index (χ3n) is 2.11. The van der Waals surface area contributed by atoms with Gasteiger partial charge in [-0.2, -0.15) is 0 Å². The second kappa shape index (κ2) is 3.20. The summed E-state index contributed by atoms with van der Waals surface area (Å²) in [4.78, 5) is 24.2. The van der Waals surface area contributed by atoms with Gasteiger partial charge in [0.25, 0.3) is 5.78 Å². The Bertz CT molecular complexity index is 559. The molecule has 0 aliphatic heterocycles. The van der Waals surface area contributed by atoms with Gasteiger partial charge in [-0.3, -0.25) is 4.79 Å². The highest BCUT2D eigenvalue weighted by Crippen LogP contribution is 2.20. The van der Waals surface area contributed by atoms with E-state index >= 15 is 0 Å². The average molecular weight is 207 g/mol. The van der Waals surface area contributed by atoms with Crippen LogP contribution in [0.5, 0.6) is 0 Å². The van der Waals surface area contributed by atoms with Crippen molar-refractivity contribution >= 4 is 22.7 Å². The Balaban J connectivity index is 2.67. The summed E-state index contributed by atoms with van der Waals surface area (Å²) >= 11 is 0. The van der Waals surface area contributed by atoms with E-state index in [1.165, 1.54) is 18.3 Å². The largest absolute Gasteiger partial charge is 0.475 e. The number of carboxylic acids is 1. The molecule has 0 aliphatic carbocycles. The van der Waals surface area contributed by atoms with Crippen LogP contribution >= 0.6 is 0 Å². The Hall–Kier alpha value is -2.17. The number of aromatic nitrogens is 1. The van der Waals surface area contributed by atoms with Crippen molar-refractivity contribution in [2.24, 2.45) is 0 Å². The van der Waals surface area contributed by atoms with E-state index in [1.54, 1.807) is 0 Å². The van der Waals surface area contributed by atoms with Gasteiger partial charge in [-0.1, -0.05) is 0 Å². The number of nitrogens with one attached hydrogen (secondary N) is 1. The lowest BCUT2D eigenvalue weighted by atomic mass is 10.1. The number of ketones is 1. The molecule has 1 aromatic carbocycles. The molecule has 5 heteroatoms. The molecule has 1 aromatic heterocycles. The van der Waals surface area contributed by atoms with Crippen molar-refractivity contribution in [1.82, 2.24) is 4.98 Å². The number of H-pyrrole nitrogens is 1. The quantitative estimate of drug-likeness (QED) is 0.580. The van der Waals surface area contributed by atoms with Gasteiger partial charge in [0, 0.05) is 17.1 Å². The number of halogens is 1. The van der Waals surface area contributed by atoms with E-state index < -0.39 is 23.1 Å². The lowest BCUT2D eigenvalue weighted by Gasteiger charge is -1.99. The predicted octanol–water partition coefficient (Wildman–Crippen LogP) is 1.57. The maximum atomic E-state index is 13.6. The number of carbonyl (C=O) groups is 2. The number of fused-ring (bicyclic) bond motifs is 1. The topological polar surface area (TPSA) is 70.2 Å². The Morgan fingerprint density at radius 3 is 2.67 bits per heavy atom. The van der Waals surface area contributed by atoms with Crippen LogP contribution in [0.25, 0.3) is 10.9 Å². The molecule has 0 atom stereocenters. The van der Waals surface area contributed by atoms with Gasteiger partial charge in [0.05, 0.1) is 5.56 Å². The molecule has 0 radical (unpaired) electrons. The Morgan fingerprint density at radius 1 is 1.27 bits per heavy atom. The lowest BCUT2D eigenvalue weighted by molar-refractivity contribution is -0.131. The number of hydrogen-bond donors (Lipinski definition) is 2. The summed E-state index contributed by atoms with van der Waals surface area (Å²) in [6, 6.07) is 4.07. The van der Waals surface area contributed by atoms with Crippen molar-refractivity contribution in [3.8, 4) is 0 Å². The Labute approximate surface area is 83.3 Å². The number of Topliss-reactive ketones (excluding diaryl/α,β-unsaturated/α-hetero) is 1. The first-order valence-electron chi connectivity index (χ1n) is 4.14. The average Bonchev–Trinajstić information content (AvgIpc) is 2.66. The smallest absolute Gasteiger partial charge is 0.377 e. The number of rotatable bonds is 2. The number of aliphatic carboxylic acids is 1. The zero-order chi connectivity index (χ0) is 11.0. The van der Waals surface area contributed by atoms with Crippen LogP contribution in [0.15, 0.2) is 24.4 Å². The SMILES string of the molecule is O=C(O)C(=O)c1ccc2[nH]ccc2c1F. The molecule has 2 rings (SSSR count). The molecule has 2 aromatic rings. The highest BCUT2D eigenvalue weighted by atomic mass is 19.1. The molecule has 2 N–H and O–H groups in total. The number of benzene rings is 1. The predicted molar refractivity (Wildman–Crippen MR) is 50.2 cm³/mol. The van der Waals surface area contributed by atoms with Crippen LogP contribution in [0, 0.1) is 5.82 Å². The number of aromatic amines is 1. The molecule has 0 spiro atoms. The van der Waals surface area contributed by atoms with Crippen LogP contribution in [-0.4, -0.2) is 21.8 Å². The fourth-order valence-corrected chi connectivity index (χ4v) is 1.39. The second-order valence-electron chi connectivity index (χ2n) is 3.00. The molecule has 0 amide bonds. The van der Waals surface area contributed by atoms with Gasteiger partial charge in [0.15, 0.2) is 0 Å². The van der Waals surface area contributed by atoms with Gasteiger partial charge >= 0.3 is 5.97 Å². The van der Waals surface area contributed by atoms with Crippen LogP contribution in [0.4, 0.5) is 4.39 Å². The molecular formula is C10H6FNO3. The lowest BCUT2D eigenvalue weighted by Crippen LogP contribution is -2.14. The van der Waals surface area contributed by atoms with Crippen LogP contribution in [0.1, 0.15) is 10.4 Å². The van der Waals surface area contributed by atoms with Gasteiger partial charge < -0.3 is 10.1 Å². The van der Waals surface area contributed by atoms with Crippen LogP contribution < -0.4 is 0 Å². The molecule has 1 heterocycles. The van der Waals surface area contributed by atoms with Gasteiger partial charge in [-0.15, -0.1) is 0 Å². The summed E-state index contributed by atoms with van der Waals surface area (Å²) in [5.41, 5.74) is 0.101. The van der Waals surface area contributed by atoms with Crippen LogP contribution in [0.2, 0.25) is 0 Å². The Morgan fingerprint density at radius 2 is 2.00 bits per heavy atom. The number of hydrogen-bond acceptors (Lipinski definition) is 2. The molecule has 15 heavy (non-hydrogen) atoms. The summed E-state index contributed by atoms with van der Waals surface area (Å²) in [5.74, 6) is -3.71. The normalized spacial score (nSPS) is 10.5. The van der Waals surface area contributed by atoms with Gasteiger partial charge in [-0.25, -0.2) is 9.18 Å².